The highest BCUT2D eigenvalue weighted by molar-refractivity contribution is 6.46. The molecule has 0 spiro atoms. The molecule has 0 aliphatic carbocycles. The van der Waals surface area contributed by atoms with Gasteiger partial charge < -0.3 is 19.5 Å². The molecule has 6 heteroatoms. The maximum absolute atomic E-state index is 13.0. The SMILES string of the molecule is CCCN1C(=O)C(=O)/C(=C(\O)c2ccc(OCC(C)C)cc2)C1c1cccc(OC(C)C)c1. The summed E-state index contributed by atoms with van der Waals surface area (Å²) < 4.78 is 11.5. The van der Waals surface area contributed by atoms with Gasteiger partial charge in [0.1, 0.15) is 17.3 Å². The van der Waals surface area contributed by atoms with E-state index in [1.165, 1.54) is 4.90 Å². The molecule has 1 heterocycles. The molecule has 1 atom stereocenters. The van der Waals surface area contributed by atoms with Crippen LogP contribution in [0.15, 0.2) is 54.1 Å². The molecule has 1 aliphatic rings. The number of aliphatic hydroxyl groups is 1. The van der Waals surface area contributed by atoms with Crippen LogP contribution in [0.5, 0.6) is 11.5 Å². The van der Waals surface area contributed by atoms with Gasteiger partial charge in [0.2, 0.25) is 0 Å². The third kappa shape index (κ3) is 5.56. The smallest absolute Gasteiger partial charge is 0.295 e. The number of hydrogen-bond donors (Lipinski definition) is 1. The first-order chi connectivity index (χ1) is 15.7. The summed E-state index contributed by atoms with van der Waals surface area (Å²) in [5, 5.41) is 11.2. The monoisotopic (exact) mass is 451 g/mol. The maximum Gasteiger partial charge on any atom is 0.295 e. The minimum Gasteiger partial charge on any atom is -0.507 e. The average Bonchev–Trinajstić information content (AvgIpc) is 3.02. The van der Waals surface area contributed by atoms with Gasteiger partial charge in [-0.15, -0.1) is 0 Å². The van der Waals surface area contributed by atoms with Crippen LogP contribution in [0, 0.1) is 5.92 Å². The van der Waals surface area contributed by atoms with Crippen molar-refractivity contribution >= 4 is 17.4 Å². The molecule has 1 unspecified atom stereocenters. The second-order valence-corrected chi connectivity index (χ2v) is 8.96. The number of carbonyl (C=O) groups is 2. The molecule has 0 bridgehead atoms. The van der Waals surface area contributed by atoms with Crippen molar-refractivity contribution in [3.05, 3.63) is 65.2 Å². The highest BCUT2D eigenvalue weighted by atomic mass is 16.5. The van der Waals surface area contributed by atoms with Crippen molar-refractivity contribution in [2.24, 2.45) is 5.92 Å². The Kier molecular flexibility index (Phi) is 7.79. The summed E-state index contributed by atoms with van der Waals surface area (Å²) in [6.45, 7) is 10.9. The first kappa shape index (κ1) is 24.4. The first-order valence-corrected chi connectivity index (χ1v) is 11.5. The molecule has 2 aromatic carbocycles. The molecule has 1 N–H and O–H groups in total. The van der Waals surface area contributed by atoms with Crippen molar-refractivity contribution < 1.29 is 24.2 Å². The van der Waals surface area contributed by atoms with Gasteiger partial charge in [0, 0.05) is 12.1 Å². The van der Waals surface area contributed by atoms with Crippen LogP contribution in [0.2, 0.25) is 0 Å². The van der Waals surface area contributed by atoms with Gasteiger partial charge in [0.25, 0.3) is 11.7 Å². The quantitative estimate of drug-likeness (QED) is 0.316. The van der Waals surface area contributed by atoms with Crippen LogP contribution in [-0.2, 0) is 9.59 Å². The maximum atomic E-state index is 13.0. The minimum atomic E-state index is -0.683. The van der Waals surface area contributed by atoms with Crippen LogP contribution in [0.4, 0.5) is 0 Å². The van der Waals surface area contributed by atoms with Crippen LogP contribution in [0.25, 0.3) is 5.76 Å². The van der Waals surface area contributed by atoms with Crippen LogP contribution in [0.1, 0.15) is 58.2 Å². The predicted molar refractivity (Wildman–Crippen MR) is 128 cm³/mol. The van der Waals surface area contributed by atoms with E-state index in [0.29, 0.717) is 42.6 Å². The number of carbonyl (C=O) groups excluding carboxylic acids is 2. The van der Waals surface area contributed by atoms with Gasteiger partial charge in [-0.3, -0.25) is 9.59 Å². The zero-order valence-electron chi connectivity index (χ0n) is 20.0. The molecule has 1 fully saturated rings. The number of amides is 1. The number of aliphatic hydroxyl groups excluding tert-OH is 1. The normalized spacial score (nSPS) is 17.8. The fourth-order valence-corrected chi connectivity index (χ4v) is 3.86. The Labute approximate surface area is 195 Å². The molecule has 6 nitrogen and oxygen atoms in total. The van der Waals surface area contributed by atoms with E-state index in [-0.39, 0.29) is 17.4 Å². The number of likely N-dealkylation sites (tertiary alicyclic amines) is 1. The van der Waals surface area contributed by atoms with Crippen LogP contribution < -0.4 is 9.47 Å². The Morgan fingerprint density at radius 1 is 1.03 bits per heavy atom. The van der Waals surface area contributed by atoms with E-state index < -0.39 is 17.7 Å². The van der Waals surface area contributed by atoms with Gasteiger partial charge in [0.15, 0.2) is 0 Å². The van der Waals surface area contributed by atoms with E-state index in [1.807, 2.05) is 45.0 Å². The molecule has 1 saturated heterocycles. The van der Waals surface area contributed by atoms with Crippen LogP contribution in [-0.4, -0.2) is 41.0 Å². The van der Waals surface area contributed by atoms with E-state index in [4.69, 9.17) is 9.47 Å². The predicted octanol–water partition coefficient (Wildman–Crippen LogP) is 5.34. The summed E-state index contributed by atoms with van der Waals surface area (Å²) in [7, 11) is 0. The summed E-state index contributed by atoms with van der Waals surface area (Å²) in [6.07, 6.45) is 0.673. The second kappa shape index (κ2) is 10.6. The number of nitrogens with zero attached hydrogens (tertiary/aromatic N) is 1. The fraction of sp³-hybridized carbons (Fsp3) is 0.407. The summed E-state index contributed by atoms with van der Waals surface area (Å²) in [5.74, 6) is 0.250. The molecule has 1 aliphatic heterocycles. The molecular formula is C27H33NO5. The van der Waals surface area contributed by atoms with Crippen molar-refractivity contribution in [2.45, 2.75) is 53.2 Å². The van der Waals surface area contributed by atoms with Crippen molar-refractivity contribution in [1.29, 1.82) is 0 Å². The molecule has 33 heavy (non-hydrogen) atoms. The molecule has 3 rings (SSSR count). The highest BCUT2D eigenvalue weighted by Crippen LogP contribution is 2.40. The standard InChI is InChI=1S/C27H33NO5/c1-6-14-28-24(20-8-7-9-22(15-20)33-18(4)5)23(26(30)27(28)31)25(29)19-10-12-21(13-11-19)32-16-17(2)3/h7-13,15,17-18,24,29H,6,14,16H2,1-5H3/b25-23-. The second-order valence-electron chi connectivity index (χ2n) is 8.96. The number of rotatable bonds is 9. The molecule has 2 aromatic rings. The van der Waals surface area contributed by atoms with Crippen LogP contribution in [0.3, 0.4) is 0 Å². The van der Waals surface area contributed by atoms with Crippen molar-refractivity contribution in [3.8, 4) is 11.5 Å². The third-order valence-electron chi connectivity index (χ3n) is 5.26. The Balaban J connectivity index is 2.04. The molecule has 0 radical (unpaired) electrons. The van der Waals surface area contributed by atoms with Gasteiger partial charge in [-0.25, -0.2) is 0 Å². The van der Waals surface area contributed by atoms with Crippen molar-refractivity contribution in [2.75, 3.05) is 13.2 Å². The van der Waals surface area contributed by atoms with Gasteiger partial charge in [-0.05, 0) is 68.1 Å². The van der Waals surface area contributed by atoms with Crippen LogP contribution >= 0.6 is 0 Å². The van der Waals surface area contributed by atoms with Gasteiger partial charge in [-0.1, -0.05) is 32.9 Å². The number of benzene rings is 2. The Bertz CT molecular complexity index is 1020. The van der Waals surface area contributed by atoms with Crippen molar-refractivity contribution in [1.82, 2.24) is 4.90 Å². The minimum absolute atomic E-state index is 0.0151. The third-order valence-corrected chi connectivity index (χ3v) is 5.26. The summed E-state index contributed by atoms with van der Waals surface area (Å²) in [4.78, 5) is 27.4. The Morgan fingerprint density at radius 3 is 2.33 bits per heavy atom. The lowest BCUT2D eigenvalue weighted by molar-refractivity contribution is -0.139. The molecule has 0 saturated carbocycles. The molecular weight excluding hydrogens is 418 g/mol. The van der Waals surface area contributed by atoms with E-state index in [2.05, 4.69) is 13.8 Å². The Morgan fingerprint density at radius 2 is 1.73 bits per heavy atom. The first-order valence-electron chi connectivity index (χ1n) is 11.5. The lowest BCUT2D eigenvalue weighted by Crippen LogP contribution is -2.30. The number of ether oxygens (including phenoxy) is 2. The summed E-state index contributed by atoms with van der Waals surface area (Å²) in [6, 6.07) is 13.6. The lowest BCUT2D eigenvalue weighted by atomic mass is 9.95. The molecule has 0 aromatic heterocycles. The van der Waals surface area contributed by atoms with Crippen molar-refractivity contribution in [3.63, 3.8) is 0 Å². The Hall–Kier alpha value is -3.28. The largest absolute Gasteiger partial charge is 0.507 e. The summed E-state index contributed by atoms with van der Waals surface area (Å²) in [5.41, 5.74) is 1.27. The fourth-order valence-electron chi connectivity index (χ4n) is 3.86. The van der Waals surface area contributed by atoms with E-state index in [0.717, 1.165) is 5.56 Å². The van der Waals surface area contributed by atoms with E-state index in [1.54, 1.807) is 24.3 Å². The molecule has 176 valence electrons. The number of hydrogen-bond acceptors (Lipinski definition) is 5. The van der Waals surface area contributed by atoms with Gasteiger partial charge in [-0.2, -0.15) is 0 Å². The van der Waals surface area contributed by atoms with E-state index >= 15 is 0 Å². The van der Waals surface area contributed by atoms with Gasteiger partial charge >= 0.3 is 0 Å². The zero-order chi connectivity index (χ0) is 24.1. The lowest BCUT2D eigenvalue weighted by Gasteiger charge is -2.25. The summed E-state index contributed by atoms with van der Waals surface area (Å²) >= 11 is 0. The topological polar surface area (TPSA) is 76.1 Å². The zero-order valence-corrected chi connectivity index (χ0v) is 20.0. The van der Waals surface area contributed by atoms with E-state index in [9.17, 15) is 14.7 Å². The average molecular weight is 452 g/mol. The number of Topliss-reactive ketones (excluding diaryl/α,β-unsaturated/α-hetero) is 1. The molecule has 1 amide bonds. The van der Waals surface area contributed by atoms with Gasteiger partial charge in [0.05, 0.1) is 24.3 Å². The number of ketones is 1. The highest BCUT2D eigenvalue weighted by Gasteiger charge is 2.45.